The van der Waals surface area contributed by atoms with E-state index in [4.69, 9.17) is 27.9 Å². The van der Waals surface area contributed by atoms with Gasteiger partial charge in [-0.1, -0.05) is 23.2 Å². The lowest BCUT2D eigenvalue weighted by atomic mass is 10.5. The van der Waals surface area contributed by atoms with Gasteiger partial charge in [0.2, 0.25) is 0 Å². The average molecular weight is 335 g/mol. The molecule has 2 aromatic heterocycles. The van der Waals surface area contributed by atoms with E-state index in [1.54, 1.807) is 22.9 Å². The zero-order chi connectivity index (χ0) is 14.7. The van der Waals surface area contributed by atoms with E-state index in [1.807, 2.05) is 13.8 Å². The van der Waals surface area contributed by atoms with E-state index in [-0.39, 0.29) is 6.10 Å². The number of rotatable bonds is 6. The van der Waals surface area contributed by atoms with Crippen LogP contribution in [0.1, 0.15) is 19.5 Å². The molecule has 0 aromatic carbocycles. The molecule has 0 aliphatic heterocycles. The lowest BCUT2D eigenvalue weighted by molar-refractivity contribution is 0.0916. The molecule has 0 amide bonds. The number of aromatic nitrogens is 2. The summed E-state index contributed by atoms with van der Waals surface area (Å²) in [7, 11) is -1.00. The zero-order valence-corrected chi connectivity index (χ0v) is 13.6. The molecule has 1 atom stereocenters. The largest absolute Gasteiger partial charge is 0.378 e. The molecule has 2 heterocycles. The van der Waals surface area contributed by atoms with Gasteiger partial charge in [-0.25, -0.2) is 4.98 Å². The Morgan fingerprint density at radius 1 is 1.40 bits per heavy atom. The lowest BCUT2D eigenvalue weighted by Crippen LogP contribution is -2.12. The second-order valence-electron chi connectivity index (χ2n) is 4.68. The number of ether oxygens (including phenoxy) is 1. The Kier molecular flexibility index (Phi) is 5.43. The molecule has 0 saturated carbocycles. The van der Waals surface area contributed by atoms with Crippen molar-refractivity contribution in [3.8, 4) is 0 Å². The first-order chi connectivity index (χ1) is 9.45. The summed E-state index contributed by atoms with van der Waals surface area (Å²) in [5.74, 6) is 0.887. The zero-order valence-electron chi connectivity index (χ0n) is 11.3. The molecule has 0 unspecified atom stereocenters. The molecule has 0 bridgehead atoms. The van der Waals surface area contributed by atoms with Crippen LogP contribution in [-0.2, 0) is 21.3 Å². The van der Waals surface area contributed by atoms with Crippen molar-refractivity contribution in [1.29, 1.82) is 0 Å². The first kappa shape index (κ1) is 15.8. The highest BCUT2D eigenvalue weighted by Crippen LogP contribution is 2.22. The van der Waals surface area contributed by atoms with Crippen molar-refractivity contribution < 1.29 is 8.95 Å². The third kappa shape index (κ3) is 4.19. The predicted molar refractivity (Wildman–Crippen MR) is 83.0 cm³/mol. The second-order valence-corrected chi connectivity index (χ2v) is 7.10. The average Bonchev–Trinajstić information content (AvgIpc) is 2.71. The van der Waals surface area contributed by atoms with Gasteiger partial charge in [0.1, 0.15) is 0 Å². The molecule has 0 fully saturated rings. The molecule has 0 aliphatic carbocycles. The Hall–Kier alpha value is -0.620. The minimum Gasteiger partial charge on any atom is -0.378 e. The maximum Gasteiger partial charge on any atom is 0.155 e. The Morgan fingerprint density at radius 2 is 2.15 bits per heavy atom. The molecule has 2 aromatic rings. The molecule has 2 rings (SSSR count). The molecule has 0 N–H and O–H groups in total. The van der Waals surface area contributed by atoms with Gasteiger partial charge in [-0.05, 0) is 19.9 Å². The minimum atomic E-state index is -1.00. The number of hydrogen-bond acceptors (Lipinski definition) is 3. The quantitative estimate of drug-likeness (QED) is 0.813. The van der Waals surface area contributed by atoms with Gasteiger partial charge in [0, 0.05) is 28.9 Å². The Morgan fingerprint density at radius 3 is 2.85 bits per heavy atom. The van der Waals surface area contributed by atoms with Crippen LogP contribution in [0.15, 0.2) is 18.5 Å². The van der Waals surface area contributed by atoms with Crippen molar-refractivity contribution in [2.75, 3.05) is 12.4 Å². The summed E-state index contributed by atoms with van der Waals surface area (Å²) < 4.78 is 19.1. The summed E-state index contributed by atoms with van der Waals surface area (Å²) in [6.07, 6.45) is 3.68. The Bertz CT molecular complexity index is 628. The van der Waals surface area contributed by atoms with Crippen LogP contribution in [0.5, 0.6) is 0 Å². The summed E-state index contributed by atoms with van der Waals surface area (Å²) in [5, 5.41) is 1.02. The molecule has 0 spiro atoms. The fourth-order valence-electron chi connectivity index (χ4n) is 1.76. The highest BCUT2D eigenvalue weighted by atomic mass is 35.5. The van der Waals surface area contributed by atoms with Crippen molar-refractivity contribution in [3.63, 3.8) is 0 Å². The summed E-state index contributed by atoms with van der Waals surface area (Å²) in [6, 6.07) is 1.64. The monoisotopic (exact) mass is 334 g/mol. The number of pyridine rings is 1. The molecule has 110 valence electrons. The summed E-state index contributed by atoms with van der Waals surface area (Å²) in [6.45, 7) is 4.40. The van der Waals surface area contributed by atoms with Gasteiger partial charge < -0.3 is 9.14 Å². The van der Waals surface area contributed by atoms with Gasteiger partial charge >= 0.3 is 0 Å². The van der Waals surface area contributed by atoms with Crippen LogP contribution < -0.4 is 0 Å². The first-order valence-electron chi connectivity index (χ1n) is 6.25. The fourth-order valence-corrected chi connectivity index (χ4v) is 3.18. The van der Waals surface area contributed by atoms with Crippen LogP contribution in [0.3, 0.4) is 0 Å². The summed E-state index contributed by atoms with van der Waals surface area (Å²) in [5.41, 5.74) is 1.36. The normalized spacial score (nSPS) is 13.2. The van der Waals surface area contributed by atoms with Gasteiger partial charge in [0.05, 0.1) is 34.2 Å². The number of fused-ring (bicyclic) bond motifs is 1. The van der Waals surface area contributed by atoms with E-state index in [0.717, 1.165) is 5.69 Å². The molecule has 20 heavy (non-hydrogen) atoms. The van der Waals surface area contributed by atoms with Crippen molar-refractivity contribution >= 4 is 39.6 Å². The molecular formula is C13H16Cl2N2O2S. The van der Waals surface area contributed by atoms with E-state index < -0.39 is 10.8 Å². The van der Waals surface area contributed by atoms with Crippen LogP contribution in [-0.4, -0.2) is 32.1 Å². The van der Waals surface area contributed by atoms with Crippen LogP contribution in [0.2, 0.25) is 10.0 Å². The topological polar surface area (TPSA) is 43.6 Å². The second kappa shape index (κ2) is 6.89. The number of halogens is 2. The maximum atomic E-state index is 11.9. The predicted octanol–water partition coefficient (Wildman–Crippen LogP) is 3.31. The fraction of sp³-hybridized carbons (Fsp3) is 0.462. The Balaban J connectivity index is 2.03. The number of nitrogens with zero attached hydrogens (tertiary/aromatic N) is 2. The highest BCUT2D eigenvalue weighted by molar-refractivity contribution is 7.84. The van der Waals surface area contributed by atoms with Crippen molar-refractivity contribution in [3.05, 3.63) is 34.2 Å². The molecule has 0 aliphatic rings. The SMILES string of the molecule is CC(C)OCC[S@](=O)Cc1cn2cc(Cl)cc(Cl)c2n1. The summed E-state index contributed by atoms with van der Waals surface area (Å²) >= 11 is 12.0. The minimum absolute atomic E-state index is 0.156. The molecular weight excluding hydrogens is 319 g/mol. The third-order valence-corrected chi connectivity index (χ3v) is 4.32. The van der Waals surface area contributed by atoms with E-state index in [0.29, 0.717) is 33.8 Å². The standard InChI is InChI=1S/C13H16Cl2N2O2S/c1-9(2)19-3-4-20(18)8-11-7-17-6-10(14)5-12(15)13(17)16-11/h5-7,9H,3-4,8H2,1-2H3/t20-/m0/s1. The Labute approximate surface area is 130 Å². The number of hydrogen-bond donors (Lipinski definition) is 0. The number of imidazole rings is 1. The third-order valence-electron chi connectivity index (χ3n) is 2.59. The summed E-state index contributed by atoms with van der Waals surface area (Å²) in [4.78, 5) is 4.38. The lowest BCUT2D eigenvalue weighted by Gasteiger charge is -2.06. The van der Waals surface area contributed by atoms with Gasteiger partial charge in [-0.15, -0.1) is 0 Å². The van der Waals surface area contributed by atoms with E-state index in [9.17, 15) is 4.21 Å². The van der Waals surface area contributed by atoms with Crippen LogP contribution in [0.25, 0.3) is 5.65 Å². The first-order valence-corrected chi connectivity index (χ1v) is 8.49. The van der Waals surface area contributed by atoms with Gasteiger partial charge in [-0.2, -0.15) is 0 Å². The molecule has 0 radical (unpaired) electrons. The van der Waals surface area contributed by atoms with Crippen molar-refractivity contribution in [2.45, 2.75) is 25.7 Å². The van der Waals surface area contributed by atoms with E-state index >= 15 is 0 Å². The highest BCUT2D eigenvalue weighted by Gasteiger charge is 2.10. The van der Waals surface area contributed by atoms with Crippen LogP contribution >= 0.6 is 23.2 Å². The van der Waals surface area contributed by atoms with Crippen molar-refractivity contribution in [2.24, 2.45) is 0 Å². The van der Waals surface area contributed by atoms with Gasteiger partial charge in [-0.3, -0.25) is 4.21 Å². The molecule has 0 saturated heterocycles. The molecule has 4 nitrogen and oxygen atoms in total. The van der Waals surface area contributed by atoms with E-state index in [2.05, 4.69) is 4.98 Å². The van der Waals surface area contributed by atoms with Gasteiger partial charge in [0.25, 0.3) is 0 Å². The van der Waals surface area contributed by atoms with Crippen LogP contribution in [0.4, 0.5) is 0 Å². The molecule has 7 heteroatoms. The van der Waals surface area contributed by atoms with Gasteiger partial charge in [0.15, 0.2) is 5.65 Å². The van der Waals surface area contributed by atoms with Crippen LogP contribution in [0, 0.1) is 0 Å². The maximum absolute atomic E-state index is 11.9. The smallest absolute Gasteiger partial charge is 0.155 e. The van der Waals surface area contributed by atoms with E-state index in [1.165, 1.54) is 0 Å². The van der Waals surface area contributed by atoms with Crippen molar-refractivity contribution in [1.82, 2.24) is 9.38 Å².